The Morgan fingerprint density at radius 1 is 1.03 bits per heavy atom. The van der Waals surface area contributed by atoms with Gasteiger partial charge in [0.05, 0.1) is 24.9 Å². The van der Waals surface area contributed by atoms with Gasteiger partial charge in [-0.3, -0.25) is 24.0 Å². The van der Waals surface area contributed by atoms with Gasteiger partial charge < -0.3 is 47.7 Å². The molecule has 11 N–H and O–H groups in total. The lowest BCUT2D eigenvalue weighted by atomic mass is 10.1. The number of nitrogens with one attached hydrogen (secondary N) is 4. The van der Waals surface area contributed by atoms with Gasteiger partial charge in [-0.05, 0) is 13.3 Å². The first-order chi connectivity index (χ1) is 16.3. The molecule has 0 aliphatic heterocycles. The van der Waals surface area contributed by atoms with Crippen LogP contribution in [0.3, 0.4) is 0 Å². The summed E-state index contributed by atoms with van der Waals surface area (Å²) in [4.78, 5) is 77.6. The topological polar surface area (TPSA) is 280 Å². The number of nitrogens with zero attached hydrogens (tertiary/aromatic N) is 1. The van der Waals surface area contributed by atoms with Gasteiger partial charge in [-0.25, -0.2) is 9.78 Å². The quantitative estimate of drug-likeness (QED) is 0.112. The molecule has 0 spiro atoms. The van der Waals surface area contributed by atoms with Crippen molar-refractivity contribution in [3.8, 4) is 0 Å². The molecule has 1 heterocycles. The number of carboxylic acids is 2. The Kier molecular flexibility index (Phi) is 11.3. The molecule has 0 radical (unpaired) electrons. The zero-order valence-electron chi connectivity index (χ0n) is 18.8. The fourth-order valence-electron chi connectivity index (χ4n) is 2.85. The van der Waals surface area contributed by atoms with Gasteiger partial charge in [0.2, 0.25) is 23.6 Å². The minimum absolute atomic E-state index is 0.0336. The fourth-order valence-corrected chi connectivity index (χ4v) is 2.85. The average Bonchev–Trinajstić information content (AvgIpc) is 3.25. The van der Waals surface area contributed by atoms with Gasteiger partial charge >= 0.3 is 11.9 Å². The number of nitrogens with two attached hydrogens (primary N) is 2. The van der Waals surface area contributed by atoms with Crippen LogP contribution < -0.4 is 27.4 Å². The summed E-state index contributed by atoms with van der Waals surface area (Å²) in [5.74, 6) is -6.95. The van der Waals surface area contributed by atoms with Crippen LogP contribution in [0.2, 0.25) is 0 Å². The monoisotopic (exact) mass is 499 g/mol. The molecule has 16 nitrogen and oxygen atoms in total. The largest absolute Gasteiger partial charge is 0.481 e. The number of aliphatic hydroxyl groups is 1. The van der Waals surface area contributed by atoms with E-state index in [-0.39, 0.29) is 19.3 Å². The Morgan fingerprint density at radius 2 is 1.66 bits per heavy atom. The zero-order chi connectivity index (χ0) is 26.7. The van der Waals surface area contributed by atoms with E-state index in [0.29, 0.717) is 5.69 Å². The van der Waals surface area contributed by atoms with Crippen molar-refractivity contribution in [2.45, 2.75) is 62.9 Å². The second-order valence-corrected chi connectivity index (χ2v) is 7.68. The lowest BCUT2D eigenvalue weighted by Crippen LogP contribution is -2.60. The fraction of sp³-hybridized carbons (Fsp3) is 0.526. The molecular weight excluding hydrogens is 470 g/mol. The third-order valence-corrected chi connectivity index (χ3v) is 4.70. The molecule has 0 saturated carbocycles. The van der Waals surface area contributed by atoms with E-state index in [1.54, 1.807) is 0 Å². The van der Waals surface area contributed by atoms with Crippen molar-refractivity contribution in [3.05, 3.63) is 18.2 Å². The van der Waals surface area contributed by atoms with Gasteiger partial charge in [-0.15, -0.1) is 0 Å². The number of carbonyl (C=O) groups is 6. The van der Waals surface area contributed by atoms with E-state index in [0.717, 1.165) is 0 Å². The molecule has 0 fully saturated rings. The molecule has 0 aromatic carbocycles. The normalized spacial score (nSPS) is 15.1. The van der Waals surface area contributed by atoms with E-state index >= 15 is 0 Å². The first-order valence-corrected chi connectivity index (χ1v) is 10.4. The Bertz CT molecular complexity index is 920. The maximum Gasteiger partial charge on any atom is 0.326 e. The van der Waals surface area contributed by atoms with Crippen molar-refractivity contribution in [3.63, 3.8) is 0 Å². The highest BCUT2D eigenvalue weighted by Crippen LogP contribution is 2.04. The number of aromatic nitrogens is 2. The number of H-pyrrole nitrogens is 1. The highest BCUT2D eigenvalue weighted by Gasteiger charge is 2.33. The predicted molar refractivity (Wildman–Crippen MR) is 116 cm³/mol. The van der Waals surface area contributed by atoms with Crippen molar-refractivity contribution < 1.29 is 44.1 Å². The van der Waals surface area contributed by atoms with Crippen LogP contribution >= 0.6 is 0 Å². The second-order valence-electron chi connectivity index (χ2n) is 7.68. The minimum atomic E-state index is -1.77. The molecule has 5 unspecified atom stereocenters. The molecular formula is C19H29N7O9. The summed E-state index contributed by atoms with van der Waals surface area (Å²) in [6.07, 6.45) is -0.315. The van der Waals surface area contributed by atoms with E-state index in [1.807, 2.05) is 5.32 Å². The number of primary amides is 1. The number of imidazole rings is 1. The van der Waals surface area contributed by atoms with Crippen molar-refractivity contribution in [1.82, 2.24) is 25.9 Å². The van der Waals surface area contributed by atoms with Crippen LogP contribution in [0, 0.1) is 0 Å². The number of rotatable bonds is 15. The smallest absolute Gasteiger partial charge is 0.326 e. The van der Waals surface area contributed by atoms with E-state index in [4.69, 9.17) is 16.6 Å². The van der Waals surface area contributed by atoms with Crippen LogP contribution in [0.4, 0.5) is 0 Å². The molecule has 4 amide bonds. The number of carbonyl (C=O) groups excluding carboxylic acids is 4. The first-order valence-electron chi connectivity index (χ1n) is 10.4. The van der Waals surface area contributed by atoms with Crippen molar-refractivity contribution >= 4 is 35.6 Å². The highest BCUT2D eigenvalue weighted by atomic mass is 16.4. The Morgan fingerprint density at radius 3 is 2.14 bits per heavy atom. The van der Waals surface area contributed by atoms with Crippen LogP contribution in [0.25, 0.3) is 0 Å². The molecule has 0 saturated heterocycles. The predicted octanol–water partition coefficient (Wildman–Crippen LogP) is -4.06. The summed E-state index contributed by atoms with van der Waals surface area (Å²) in [5, 5.41) is 34.6. The summed E-state index contributed by atoms with van der Waals surface area (Å²) in [5.41, 5.74) is 11.3. The first kappa shape index (κ1) is 29.0. The zero-order valence-corrected chi connectivity index (χ0v) is 18.8. The average molecular weight is 499 g/mol. The molecule has 0 aliphatic carbocycles. The van der Waals surface area contributed by atoms with E-state index in [9.17, 15) is 39.0 Å². The minimum Gasteiger partial charge on any atom is -0.481 e. The number of hydrogen-bond acceptors (Lipinski definition) is 9. The maximum absolute atomic E-state index is 12.7. The summed E-state index contributed by atoms with van der Waals surface area (Å²) in [6, 6.07) is -6.11. The molecule has 1 aromatic rings. The van der Waals surface area contributed by atoms with Crippen LogP contribution in [0.1, 0.15) is 31.9 Å². The van der Waals surface area contributed by atoms with Crippen LogP contribution in [0.15, 0.2) is 12.5 Å². The molecule has 194 valence electrons. The van der Waals surface area contributed by atoms with Gasteiger partial charge in [0.15, 0.2) is 0 Å². The maximum atomic E-state index is 12.7. The number of carboxylic acid groups (broad SMARTS) is 2. The summed E-state index contributed by atoms with van der Waals surface area (Å²) < 4.78 is 0. The number of hydrogen-bond donors (Lipinski definition) is 9. The Labute approximate surface area is 198 Å². The summed E-state index contributed by atoms with van der Waals surface area (Å²) in [7, 11) is 0. The lowest BCUT2D eigenvalue weighted by molar-refractivity contribution is -0.144. The van der Waals surface area contributed by atoms with Gasteiger partial charge in [-0.2, -0.15) is 0 Å². The number of aliphatic hydroxyl groups excluding tert-OH is 1. The number of amides is 4. The highest BCUT2D eigenvalue weighted by molar-refractivity contribution is 5.96. The summed E-state index contributed by atoms with van der Waals surface area (Å²) in [6.45, 7) is 1.17. The number of aromatic amines is 1. The molecule has 1 aromatic heterocycles. The third kappa shape index (κ3) is 10.2. The van der Waals surface area contributed by atoms with Gasteiger partial charge in [0, 0.05) is 24.7 Å². The molecule has 1 rings (SSSR count). The van der Waals surface area contributed by atoms with E-state index < -0.39 is 72.3 Å². The van der Waals surface area contributed by atoms with E-state index in [2.05, 4.69) is 20.6 Å². The van der Waals surface area contributed by atoms with Gasteiger partial charge in [-0.1, -0.05) is 0 Å². The number of aliphatic carboxylic acids is 2. The van der Waals surface area contributed by atoms with E-state index in [1.165, 1.54) is 19.4 Å². The molecule has 5 atom stereocenters. The third-order valence-electron chi connectivity index (χ3n) is 4.70. The van der Waals surface area contributed by atoms with Crippen LogP contribution in [-0.4, -0.2) is 91.1 Å². The molecule has 0 aliphatic rings. The standard InChI is InChI=1S/C19H29N7O9/c1-8(27)15(26-16(31)10(20)4-9-6-22-7-23-9)18(33)25-12(5-14(29)30)17(32)24-11(19(34)35)2-3-13(21)28/h6-8,10-12,15,27H,2-5,20H2,1H3,(H2,21,28)(H,22,23)(H,24,32)(H,25,33)(H,26,31)(H,29,30)(H,34,35). The summed E-state index contributed by atoms with van der Waals surface area (Å²) >= 11 is 0. The van der Waals surface area contributed by atoms with Crippen molar-refractivity contribution in [2.24, 2.45) is 11.5 Å². The lowest BCUT2D eigenvalue weighted by Gasteiger charge is -2.25. The van der Waals surface area contributed by atoms with Gasteiger partial charge in [0.1, 0.15) is 18.1 Å². The second kappa shape index (κ2) is 13.6. The van der Waals surface area contributed by atoms with Crippen LogP contribution in [0.5, 0.6) is 0 Å². The SMILES string of the molecule is CC(O)C(NC(=O)C(N)Cc1cnc[nH]1)C(=O)NC(CC(=O)O)C(=O)NC(CCC(N)=O)C(=O)O. The molecule has 0 bridgehead atoms. The Hall–Kier alpha value is -4.05. The molecule has 16 heteroatoms. The Balaban J connectivity index is 2.91. The van der Waals surface area contributed by atoms with Crippen molar-refractivity contribution in [1.29, 1.82) is 0 Å². The van der Waals surface area contributed by atoms with Crippen LogP contribution in [-0.2, 0) is 35.2 Å². The van der Waals surface area contributed by atoms with Gasteiger partial charge in [0.25, 0.3) is 0 Å². The molecule has 35 heavy (non-hydrogen) atoms. The van der Waals surface area contributed by atoms with Crippen molar-refractivity contribution in [2.75, 3.05) is 0 Å².